The van der Waals surface area contributed by atoms with Crippen molar-refractivity contribution in [2.45, 2.75) is 24.8 Å². The van der Waals surface area contributed by atoms with Crippen molar-refractivity contribution < 1.29 is 9.84 Å². The first kappa shape index (κ1) is 22.1. The van der Waals surface area contributed by atoms with E-state index in [4.69, 9.17) is 4.74 Å². The van der Waals surface area contributed by atoms with Crippen molar-refractivity contribution >= 4 is 5.96 Å². The van der Waals surface area contributed by atoms with E-state index in [1.807, 2.05) is 42.5 Å². The monoisotopic (exact) mass is 410 g/mol. The Hall–Kier alpha value is -2.57. The molecule has 1 heterocycles. The second-order valence-electron chi connectivity index (χ2n) is 7.63. The van der Waals surface area contributed by atoms with Crippen LogP contribution >= 0.6 is 0 Å². The molecule has 0 amide bonds. The average molecular weight is 411 g/mol. The van der Waals surface area contributed by atoms with Gasteiger partial charge < -0.3 is 20.5 Å². The van der Waals surface area contributed by atoms with Crippen molar-refractivity contribution in [2.24, 2.45) is 4.99 Å². The Bertz CT molecular complexity index is 791. The fourth-order valence-electron chi connectivity index (χ4n) is 4.08. The summed E-state index contributed by atoms with van der Waals surface area (Å²) >= 11 is 0. The first-order valence-electron chi connectivity index (χ1n) is 10.7. The molecule has 0 aliphatic carbocycles. The van der Waals surface area contributed by atoms with E-state index in [1.54, 1.807) is 14.2 Å². The number of para-hydroxylation sites is 1. The maximum Gasteiger partial charge on any atom is 0.191 e. The number of rotatable bonds is 9. The lowest BCUT2D eigenvalue weighted by molar-refractivity contribution is 0.239. The van der Waals surface area contributed by atoms with Gasteiger partial charge in [0, 0.05) is 31.6 Å². The molecule has 2 aromatic rings. The lowest BCUT2D eigenvalue weighted by Gasteiger charge is -2.30. The molecule has 6 heteroatoms. The normalized spacial score (nSPS) is 16.8. The molecule has 30 heavy (non-hydrogen) atoms. The summed E-state index contributed by atoms with van der Waals surface area (Å²) in [5.41, 5.74) is 2.31. The van der Waals surface area contributed by atoms with Gasteiger partial charge in [-0.25, -0.2) is 0 Å². The number of aliphatic hydroxyl groups is 1. The van der Waals surface area contributed by atoms with Gasteiger partial charge in [-0.3, -0.25) is 9.89 Å². The van der Waals surface area contributed by atoms with Crippen LogP contribution < -0.4 is 15.4 Å². The number of nitrogens with zero attached hydrogens (tertiary/aromatic N) is 2. The van der Waals surface area contributed by atoms with Crippen molar-refractivity contribution in [3.8, 4) is 5.75 Å². The van der Waals surface area contributed by atoms with Crippen molar-refractivity contribution in [1.29, 1.82) is 0 Å². The van der Waals surface area contributed by atoms with Gasteiger partial charge in [-0.2, -0.15) is 0 Å². The number of aliphatic hydroxyl groups excluding tert-OH is 1. The maximum atomic E-state index is 9.81. The molecule has 1 aliphatic heterocycles. The van der Waals surface area contributed by atoms with Crippen molar-refractivity contribution in [1.82, 2.24) is 15.5 Å². The summed E-state index contributed by atoms with van der Waals surface area (Å²) in [6.07, 6.45) is 2.46. The fraction of sp³-hybridized carbons (Fsp3) is 0.458. The molecule has 0 bridgehead atoms. The molecule has 2 unspecified atom stereocenters. The van der Waals surface area contributed by atoms with E-state index in [0.29, 0.717) is 6.54 Å². The highest BCUT2D eigenvalue weighted by atomic mass is 16.5. The van der Waals surface area contributed by atoms with E-state index >= 15 is 0 Å². The van der Waals surface area contributed by atoms with E-state index in [1.165, 1.54) is 18.4 Å². The molecular weight excluding hydrogens is 376 g/mol. The van der Waals surface area contributed by atoms with Crippen LogP contribution in [0.15, 0.2) is 59.6 Å². The largest absolute Gasteiger partial charge is 0.496 e. The van der Waals surface area contributed by atoms with Gasteiger partial charge in [0.15, 0.2) is 5.96 Å². The molecule has 2 atom stereocenters. The van der Waals surface area contributed by atoms with Gasteiger partial charge in [0.05, 0.1) is 19.8 Å². The topological polar surface area (TPSA) is 69.1 Å². The number of hydrogen-bond acceptors (Lipinski definition) is 4. The lowest BCUT2D eigenvalue weighted by atomic mass is 10.0. The second kappa shape index (κ2) is 11.6. The predicted molar refractivity (Wildman–Crippen MR) is 122 cm³/mol. The highest BCUT2D eigenvalue weighted by Crippen LogP contribution is 2.31. The third kappa shape index (κ3) is 5.74. The Morgan fingerprint density at radius 2 is 1.70 bits per heavy atom. The zero-order valence-electron chi connectivity index (χ0n) is 18.1. The molecule has 0 radical (unpaired) electrons. The Balaban J connectivity index is 1.64. The molecule has 6 nitrogen and oxygen atoms in total. The molecule has 1 saturated heterocycles. The Labute approximate surface area is 180 Å². The number of benzene rings is 2. The van der Waals surface area contributed by atoms with Gasteiger partial charge in [0.2, 0.25) is 0 Å². The number of hydrogen-bond donors (Lipinski definition) is 3. The first-order chi connectivity index (χ1) is 14.8. The van der Waals surface area contributed by atoms with Gasteiger partial charge in [0.25, 0.3) is 0 Å². The van der Waals surface area contributed by atoms with Gasteiger partial charge >= 0.3 is 0 Å². The molecule has 0 saturated carbocycles. The summed E-state index contributed by atoms with van der Waals surface area (Å²) in [5.74, 6) is 1.68. The molecular formula is C24H34N4O2. The van der Waals surface area contributed by atoms with Crippen LogP contribution in [0.1, 0.15) is 35.9 Å². The standard InChI is InChI=1S/C24H34N4O2/c1-25-24(26-16-20(18-29)19-10-4-3-5-11-19)27-17-22(28-14-8-9-15-28)21-12-6-7-13-23(21)30-2/h3-7,10-13,20,22,29H,8-9,14-18H2,1-2H3,(H2,25,26,27). The number of nitrogens with one attached hydrogen (secondary N) is 2. The van der Waals surface area contributed by atoms with Crippen LogP contribution in [0.25, 0.3) is 0 Å². The molecule has 3 rings (SSSR count). The SMILES string of the molecule is CN=C(NCC(CO)c1ccccc1)NCC(c1ccccc1OC)N1CCCC1. The summed E-state index contributed by atoms with van der Waals surface area (Å²) in [5, 5.41) is 16.7. The van der Waals surface area contributed by atoms with Crippen LogP contribution in [-0.4, -0.2) is 62.9 Å². The van der Waals surface area contributed by atoms with Gasteiger partial charge in [0.1, 0.15) is 5.75 Å². The predicted octanol–water partition coefficient (Wildman–Crippen LogP) is 2.77. The number of likely N-dealkylation sites (tertiary alicyclic amines) is 1. The van der Waals surface area contributed by atoms with Gasteiger partial charge in [-0.1, -0.05) is 48.5 Å². The number of ether oxygens (including phenoxy) is 1. The van der Waals surface area contributed by atoms with Gasteiger partial charge in [-0.05, 0) is 37.6 Å². The third-order valence-corrected chi connectivity index (χ3v) is 5.77. The van der Waals surface area contributed by atoms with E-state index < -0.39 is 0 Å². The van der Waals surface area contributed by atoms with Crippen LogP contribution in [0.4, 0.5) is 0 Å². The summed E-state index contributed by atoms with van der Waals surface area (Å²) in [4.78, 5) is 6.90. The van der Waals surface area contributed by atoms with E-state index in [9.17, 15) is 5.11 Å². The Morgan fingerprint density at radius 1 is 1.03 bits per heavy atom. The highest BCUT2D eigenvalue weighted by molar-refractivity contribution is 5.79. The molecule has 3 N–H and O–H groups in total. The number of guanidine groups is 1. The minimum Gasteiger partial charge on any atom is -0.496 e. The van der Waals surface area contributed by atoms with E-state index in [2.05, 4.69) is 32.7 Å². The van der Waals surface area contributed by atoms with Crippen LogP contribution in [0.3, 0.4) is 0 Å². The number of aliphatic imine (C=N–C) groups is 1. The smallest absolute Gasteiger partial charge is 0.191 e. The summed E-state index contributed by atoms with van der Waals surface area (Å²) < 4.78 is 5.63. The van der Waals surface area contributed by atoms with Crippen molar-refractivity contribution in [2.75, 3.05) is 46.9 Å². The van der Waals surface area contributed by atoms with Crippen LogP contribution in [0.5, 0.6) is 5.75 Å². The molecule has 0 spiro atoms. The fourth-order valence-corrected chi connectivity index (χ4v) is 4.08. The molecule has 2 aromatic carbocycles. The third-order valence-electron chi connectivity index (χ3n) is 5.77. The van der Waals surface area contributed by atoms with E-state index in [0.717, 1.165) is 36.9 Å². The van der Waals surface area contributed by atoms with Crippen LogP contribution in [0.2, 0.25) is 0 Å². The zero-order valence-corrected chi connectivity index (χ0v) is 18.1. The maximum absolute atomic E-state index is 9.81. The quantitative estimate of drug-likeness (QED) is 0.438. The molecule has 1 fully saturated rings. The zero-order chi connectivity index (χ0) is 21.2. The minimum atomic E-state index is 0.0216. The highest BCUT2D eigenvalue weighted by Gasteiger charge is 2.26. The number of methoxy groups -OCH3 is 1. The summed E-state index contributed by atoms with van der Waals surface area (Å²) in [6, 6.07) is 18.5. The first-order valence-corrected chi connectivity index (χ1v) is 10.7. The Morgan fingerprint density at radius 3 is 2.37 bits per heavy atom. The molecule has 0 aromatic heterocycles. The van der Waals surface area contributed by atoms with Crippen LogP contribution in [0, 0.1) is 0 Å². The summed E-state index contributed by atoms with van der Waals surface area (Å²) in [7, 11) is 3.51. The van der Waals surface area contributed by atoms with Crippen molar-refractivity contribution in [3.05, 3.63) is 65.7 Å². The summed E-state index contributed by atoms with van der Waals surface area (Å²) in [6.45, 7) is 3.62. The van der Waals surface area contributed by atoms with Crippen molar-refractivity contribution in [3.63, 3.8) is 0 Å². The minimum absolute atomic E-state index is 0.0216. The molecule has 1 aliphatic rings. The lowest BCUT2D eigenvalue weighted by Crippen LogP contribution is -2.44. The van der Waals surface area contributed by atoms with Crippen LogP contribution in [-0.2, 0) is 0 Å². The van der Waals surface area contributed by atoms with Gasteiger partial charge in [-0.15, -0.1) is 0 Å². The molecule has 162 valence electrons. The second-order valence-corrected chi connectivity index (χ2v) is 7.63. The Kier molecular flexibility index (Phi) is 8.53. The van der Waals surface area contributed by atoms with E-state index in [-0.39, 0.29) is 18.6 Å². The average Bonchev–Trinajstić information content (AvgIpc) is 3.34.